The Balaban J connectivity index is 1.70. The first-order valence-electron chi connectivity index (χ1n) is 9.07. The molecule has 0 bridgehead atoms. The van der Waals surface area contributed by atoms with E-state index in [1.807, 2.05) is 4.90 Å². The van der Waals surface area contributed by atoms with Crippen LogP contribution >= 0.6 is 0 Å². The van der Waals surface area contributed by atoms with E-state index >= 15 is 0 Å². The number of nitrogens with one attached hydrogen (secondary N) is 1. The average molecular weight is 359 g/mol. The van der Waals surface area contributed by atoms with Gasteiger partial charge >= 0.3 is 6.03 Å². The van der Waals surface area contributed by atoms with Gasteiger partial charge in [0.2, 0.25) is 10.0 Å². The number of hydrogen-bond acceptors (Lipinski definition) is 4. The number of hydrogen-bond donors (Lipinski definition) is 1. The van der Waals surface area contributed by atoms with Gasteiger partial charge in [-0.2, -0.15) is 0 Å². The predicted octanol–water partition coefficient (Wildman–Crippen LogP) is 1.15. The molecule has 2 saturated heterocycles. The van der Waals surface area contributed by atoms with Crippen LogP contribution in [0.2, 0.25) is 0 Å². The number of carbonyl (C=O) groups is 1. The third-order valence-corrected chi connectivity index (χ3v) is 6.76. The van der Waals surface area contributed by atoms with E-state index in [-0.39, 0.29) is 24.2 Å². The SMILES string of the molecule is CS(=O)(=O)N1CCC(N(C(=O)NC2CCCC2)C2CCOCC2)C1. The zero-order chi connectivity index (χ0) is 17.2. The molecule has 0 spiro atoms. The Morgan fingerprint density at radius 1 is 1.08 bits per heavy atom. The summed E-state index contributed by atoms with van der Waals surface area (Å²) >= 11 is 0. The van der Waals surface area contributed by atoms with Crippen LogP contribution in [-0.2, 0) is 14.8 Å². The normalized spacial score (nSPS) is 27.5. The Hall–Kier alpha value is -0.860. The number of rotatable bonds is 4. The van der Waals surface area contributed by atoms with Gasteiger partial charge < -0.3 is 15.0 Å². The number of amides is 2. The molecule has 0 radical (unpaired) electrons. The molecular weight excluding hydrogens is 330 g/mol. The van der Waals surface area contributed by atoms with Crippen LogP contribution in [0.1, 0.15) is 44.9 Å². The van der Waals surface area contributed by atoms with Gasteiger partial charge in [-0.05, 0) is 32.1 Å². The molecule has 1 atom stereocenters. The molecule has 3 aliphatic rings. The van der Waals surface area contributed by atoms with Crippen LogP contribution in [0.5, 0.6) is 0 Å². The molecule has 2 heterocycles. The Bertz CT molecular complexity index is 542. The number of carbonyl (C=O) groups excluding carboxylic acids is 1. The monoisotopic (exact) mass is 359 g/mol. The van der Waals surface area contributed by atoms with E-state index in [2.05, 4.69) is 5.32 Å². The smallest absolute Gasteiger partial charge is 0.318 e. The topological polar surface area (TPSA) is 79.0 Å². The molecule has 1 saturated carbocycles. The second-order valence-corrected chi connectivity index (χ2v) is 9.23. The highest BCUT2D eigenvalue weighted by molar-refractivity contribution is 7.88. The van der Waals surface area contributed by atoms with Crippen molar-refractivity contribution in [3.63, 3.8) is 0 Å². The summed E-state index contributed by atoms with van der Waals surface area (Å²) in [6, 6.07) is 0.357. The Morgan fingerprint density at radius 3 is 2.33 bits per heavy atom. The number of urea groups is 1. The summed E-state index contributed by atoms with van der Waals surface area (Å²) in [4.78, 5) is 14.9. The molecule has 1 N–H and O–H groups in total. The molecule has 8 heteroatoms. The highest BCUT2D eigenvalue weighted by Crippen LogP contribution is 2.26. The summed E-state index contributed by atoms with van der Waals surface area (Å²) in [5.74, 6) is 0. The van der Waals surface area contributed by atoms with Crippen molar-refractivity contribution in [2.24, 2.45) is 0 Å². The van der Waals surface area contributed by atoms with Gasteiger partial charge in [0, 0.05) is 44.4 Å². The van der Waals surface area contributed by atoms with Crippen molar-refractivity contribution < 1.29 is 17.9 Å². The maximum Gasteiger partial charge on any atom is 0.318 e. The fourth-order valence-electron chi connectivity index (χ4n) is 4.15. The van der Waals surface area contributed by atoms with Crippen molar-refractivity contribution >= 4 is 16.1 Å². The Kier molecular flexibility index (Phi) is 5.66. The highest BCUT2D eigenvalue weighted by Gasteiger charge is 2.39. The third kappa shape index (κ3) is 4.21. The van der Waals surface area contributed by atoms with E-state index < -0.39 is 10.0 Å². The van der Waals surface area contributed by atoms with E-state index in [0.717, 1.165) is 25.7 Å². The molecule has 3 fully saturated rings. The first-order valence-corrected chi connectivity index (χ1v) is 10.9. The fourth-order valence-corrected chi connectivity index (χ4v) is 5.03. The number of sulfonamides is 1. The van der Waals surface area contributed by atoms with Crippen molar-refractivity contribution in [1.29, 1.82) is 0 Å². The molecule has 1 aliphatic carbocycles. The zero-order valence-corrected chi connectivity index (χ0v) is 15.3. The van der Waals surface area contributed by atoms with Crippen LogP contribution in [0.4, 0.5) is 4.79 Å². The van der Waals surface area contributed by atoms with Crippen molar-refractivity contribution in [2.75, 3.05) is 32.6 Å². The van der Waals surface area contributed by atoms with Crippen molar-refractivity contribution in [3.05, 3.63) is 0 Å². The van der Waals surface area contributed by atoms with Crippen molar-refractivity contribution in [2.45, 2.75) is 63.1 Å². The van der Waals surface area contributed by atoms with Gasteiger partial charge in [-0.1, -0.05) is 12.8 Å². The van der Waals surface area contributed by atoms with Crippen LogP contribution in [0.15, 0.2) is 0 Å². The quantitative estimate of drug-likeness (QED) is 0.817. The molecule has 2 aliphatic heterocycles. The summed E-state index contributed by atoms with van der Waals surface area (Å²) in [5.41, 5.74) is 0. The summed E-state index contributed by atoms with van der Waals surface area (Å²) in [7, 11) is -3.20. The number of ether oxygens (including phenoxy) is 1. The van der Waals surface area contributed by atoms with E-state index in [1.54, 1.807) is 0 Å². The maximum atomic E-state index is 12.9. The summed E-state index contributed by atoms with van der Waals surface area (Å²) in [6.07, 6.45) is 8.05. The molecule has 138 valence electrons. The molecule has 3 rings (SSSR count). The lowest BCUT2D eigenvalue weighted by molar-refractivity contribution is 0.0344. The van der Waals surface area contributed by atoms with Gasteiger partial charge in [0.25, 0.3) is 0 Å². The molecule has 7 nitrogen and oxygen atoms in total. The summed E-state index contributed by atoms with van der Waals surface area (Å²) in [5, 5.41) is 3.18. The zero-order valence-electron chi connectivity index (χ0n) is 14.4. The lowest BCUT2D eigenvalue weighted by Crippen LogP contribution is -2.55. The minimum atomic E-state index is -3.20. The molecule has 0 aromatic carbocycles. The Morgan fingerprint density at radius 2 is 1.75 bits per heavy atom. The van der Waals surface area contributed by atoms with Gasteiger partial charge in [0.05, 0.1) is 6.26 Å². The summed E-state index contributed by atoms with van der Waals surface area (Å²) < 4.78 is 30.6. The highest BCUT2D eigenvalue weighted by atomic mass is 32.2. The van der Waals surface area contributed by atoms with E-state index in [1.165, 1.54) is 23.4 Å². The van der Waals surface area contributed by atoms with Gasteiger partial charge in [-0.3, -0.25) is 0 Å². The van der Waals surface area contributed by atoms with E-state index in [9.17, 15) is 13.2 Å². The first kappa shape index (κ1) is 17.9. The molecule has 2 amide bonds. The van der Waals surface area contributed by atoms with Crippen LogP contribution in [0, 0.1) is 0 Å². The first-order chi connectivity index (χ1) is 11.4. The molecule has 0 aromatic rings. The van der Waals surface area contributed by atoms with Crippen LogP contribution in [0.3, 0.4) is 0 Å². The standard InChI is InChI=1S/C16H29N3O4S/c1-24(21,22)18-9-6-15(12-18)19(14-7-10-23-11-8-14)16(20)17-13-4-2-3-5-13/h13-15H,2-12H2,1H3,(H,17,20). The van der Waals surface area contributed by atoms with Crippen molar-refractivity contribution in [3.8, 4) is 0 Å². The minimum absolute atomic E-state index is 0.0193. The summed E-state index contributed by atoms with van der Waals surface area (Å²) in [6.45, 7) is 2.25. The Labute approximate surface area is 144 Å². The minimum Gasteiger partial charge on any atom is -0.381 e. The van der Waals surface area contributed by atoms with Crippen molar-refractivity contribution in [1.82, 2.24) is 14.5 Å². The molecule has 24 heavy (non-hydrogen) atoms. The third-order valence-electron chi connectivity index (χ3n) is 5.49. The lowest BCUT2D eigenvalue weighted by atomic mass is 10.0. The van der Waals surface area contributed by atoms with E-state index in [0.29, 0.717) is 32.7 Å². The molecular formula is C16H29N3O4S. The second-order valence-electron chi connectivity index (χ2n) is 7.25. The van der Waals surface area contributed by atoms with E-state index in [4.69, 9.17) is 4.74 Å². The van der Waals surface area contributed by atoms with Gasteiger partial charge in [0.15, 0.2) is 0 Å². The average Bonchev–Trinajstić information content (AvgIpc) is 3.20. The van der Waals surface area contributed by atoms with Gasteiger partial charge in [0.1, 0.15) is 0 Å². The lowest BCUT2D eigenvalue weighted by Gasteiger charge is -2.39. The van der Waals surface area contributed by atoms with Crippen LogP contribution in [-0.4, -0.2) is 74.3 Å². The van der Waals surface area contributed by atoms with Gasteiger partial charge in [-0.15, -0.1) is 0 Å². The molecule has 1 unspecified atom stereocenters. The van der Waals surface area contributed by atoms with Gasteiger partial charge in [-0.25, -0.2) is 17.5 Å². The maximum absolute atomic E-state index is 12.9. The number of nitrogens with zero attached hydrogens (tertiary/aromatic N) is 2. The second kappa shape index (κ2) is 7.58. The fraction of sp³-hybridized carbons (Fsp3) is 0.938. The molecule has 0 aromatic heterocycles. The van der Waals surface area contributed by atoms with Crippen LogP contribution < -0.4 is 5.32 Å². The predicted molar refractivity (Wildman–Crippen MR) is 91.3 cm³/mol. The largest absolute Gasteiger partial charge is 0.381 e. The van der Waals surface area contributed by atoms with Crippen LogP contribution in [0.25, 0.3) is 0 Å².